The molecule has 1 atom stereocenters. The summed E-state index contributed by atoms with van der Waals surface area (Å²) in [6, 6.07) is 3.10. The fourth-order valence-electron chi connectivity index (χ4n) is 1.41. The fraction of sp³-hybridized carbons (Fsp3) is 0.0909. The minimum absolute atomic E-state index is 0.111. The van der Waals surface area contributed by atoms with Crippen LogP contribution in [0.4, 0.5) is 8.78 Å². The largest absolute Gasteiger partial charge is 0.320 e. The van der Waals surface area contributed by atoms with Crippen molar-refractivity contribution in [2.75, 3.05) is 0 Å². The third-order valence-corrected chi connectivity index (χ3v) is 3.27. The van der Waals surface area contributed by atoms with Gasteiger partial charge in [-0.15, -0.1) is 0 Å². The van der Waals surface area contributed by atoms with Gasteiger partial charge in [0.05, 0.1) is 11.1 Å². The molecule has 1 nitrogen and oxygen atoms in total. The van der Waals surface area contributed by atoms with Crippen molar-refractivity contribution in [2.45, 2.75) is 6.04 Å². The van der Waals surface area contributed by atoms with Gasteiger partial charge in [0.2, 0.25) is 0 Å². The average molecular weight is 260 g/mol. The fourth-order valence-corrected chi connectivity index (χ4v) is 2.25. The Bertz CT molecular complexity index is 499. The van der Waals surface area contributed by atoms with Crippen LogP contribution in [-0.2, 0) is 0 Å². The molecule has 0 amide bonds. The molecular weight excluding hydrogens is 252 g/mol. The van der Waals surface area contributed by atoms with Crippen molar-refractivity contribution in [3.05, 3.63) is 56.7 Å². The Morgan fingerprint density at radius 2 is 2.00 bits per heavy atom. The molecule has 1 heterocycles. The highest BCUT2D eigenvalue weighted by Gasteiger charge is 2.16. The highest BCUT2D eigenvalue weighted by molar-refractivity contribution is 7.08. The van der Waals surface area contributed by atoms with E-state index in [0.29, 0.717) is 0 Å². The smallest absolute Gasteiger partial charge is 0.142 e. The predicted octanol–water partition coefficient (Wildman–Crippen LogP) is 3.73. The van der Waals surface area contributed by atoms with E-state index in [1.54, 1.807) is 11.4 Å². The lowest BCUT2D eigenvalue weighted by Crippen LogP contribution is -2.13. The van der Waals surface area contributed by atoms with Crippen LogP contribution in [0, 0.1) is 11.6 Å². The maximum absolute atomic E-state index is 13.5. The number of rotatable bonds is 2. The SMILES string of the molecule is NC(c1ccsc1)c1cc(F)c(Cl)cc1F. The molecule has 84 valence electrons. The van der Waals surface area contributed by atoms with E-state index in [0.717, 1.165) is 17.7 Å². The maximum Gasteiger partial charge on any atom is 0.142 e. The molecule has 0 radical (unpaired) electrons. The molecule has 1 unspecified atom stereocenters. The Morgan fingerprint density at radius 1 is 1.25 bits per heavy atom. The van der Waals surface area contributed by atoms with Crippen LogP contribution < -0.4 is 5.73 Å². The number of hydrogen-bond donors (Lipinski definition) is 1. The normalized spacial score (nSPS) is 12.8. The zero-order valence-electron chi connectivity index (χ0n) is 8.08. The van der Waals surface area contributed by atoms with Gasteiger partial charge < -0.3 is 5.73 Å². The van der Waals surface area contributed by atoms with Gasteiger partial charge in [-0.05, 0) is 34.5 Å². The highest BCUT2D eigenvalue weighted by Crippen LogP contribution is 2.27. The molecule has 2 rings (SSSR count). The minimum atomic E-state index is -0.669. The monoisotopic (exact) mass is 259 g/mol. The van der Waals surface area contributed by atoms with Crippen molar-refractivity contribution < 1.29 is 8.78 Å². The standard InChI is InChI=1S/C11H8ClF2NS/c12-8-4-9(13)7(3-10(8)14)11(15)6-1-2-16-5-6/h1-5,11H,15H2. The number of benzene rings is 1. The molecule has 1 aromatic carbocycles. The van der Waals surface area contributed by atoms with Gasteiger partial charge in [-0.2, -0.15) is 11.3 Å². The van der Waals surface area contributed by atoms with Gasteiger partial charge in [-0.25, -0.2) is 8.78 Å². The molecule has 0 aliphatic rings. The molecule has 0 aliphatic carbocycles. The van der Waals surface area contributed by atoms with Crippen molar-refractivity contribution in [2.24, 2.45) is 5.73 Å². The Morgan fingerprint density at radius 3 is 2.62 bits per heavy atom. The molecule has 5 heteroatoms. The van der Waals surface area contributed by atoms with E-state index in [-0.39, 0.29) is 10.6 Å². The highest BCUT2D eigenvalue weighted by atomic mass is 35.5. The van der Waals surface area contributed by atoms with Crippen LogP contribution in [0.5, 0.6) is 0 Å². The van der Waals surface area contributed by atoms with Crippen molar-refractivity contribution in [3.63, 3.8) is 0 Å². The number of hydrogen-bond acceptors (Lipinski definition) is 2. The molecule has 16 heavy (non-hydrogen) atoms. The van der Waals surface area contributed by atoms with Gasteiger partial charge in [0, 0.05) is 5.56 Å². The van der Waals surface area contributed by atoms with Crippen LogP contribution in [0.2, 0.25) is 5.02 Å². The van der Waals surface area contributed by atoms with E-state index in [2.05, 4.69) is 0 Å². The van der Waals surface area contributed by atoms with Gasteiger partial charge in [0.15, 0.2) is 0 Å². The molecule has 0 saturated heterocycles. The second kappa shape index (κ2) is 4.49. The van der Waals surface area contributed by atoms with Crippen LogP contribution in [0.15, 0.2) is 29.0 Å². The second-order valence-corrected chi connectivity index (χ2v) is 4.51. The first-order valence-electron chi connectivity index (χ1n) is 4.51. The molecule has 0 spiro atoms. The average Bonchev–Trinajstić information content (AvgIpc) is 2.75. The van der Waals surface area contributed by atoms with Crippen LogP contribution in [0.25, 0.3) is 0 Å². The van der Waals surface area contributed by atoms with E-state index < -0.39 is 17.7 Å². The molecule has 0 fully saturated rings. The Hall–Kier alpha value is -0.970. The van der Waals surface area contributed by atoms with Gasteiger partial charge >= 0.3 is 0 Å². The van der Waals surface area contributed by atoms with Crippen LogP contribution in [0.1, 0.15) is 17.2 Å². The lowest BCUT2D eigenvalue weighted by Gasteiger charge is -2.12. The third-order valence-electron chi connectivity index (χ3n) is 2.28. The van der Waals surface area contributed by atoms with Crippen LogP contribution >= 0.6 is 22.9 Å². The summed E-state index contributed by atoms with van der Waals surface area (Å²) in [5.74, 6) is -1.26. The van der Waals surface area contributed by atoms with Gasteiger partial charge in [0.25, 0.3) is 0 Å². The quantitative estimate of drug-likeness (QED) is 0.817. The van der Waals surface area contributed by atoms with Crippen molar-refractivity contribution in [1.82, 2.24) is 0 Å². The van der Waals surface area contributed by atoms with Crippen molar-refractivity contribution >= 4 is 22.9 Å². The number of halogens is 3. The first kappa shape index (κ1) is 11.5. The summed E-state index contributed by atoms with van der Waals surface area (Å²) in [6.45, 7) is 0. The molecule has 0 saturated carbocycles. The number of nitrogens with two attached hydrogens (primary N) is 1. The van der Waals surface area contributed by atoms with E-state index in [1.807, 2.05) is 5.38 Å². The third kappa shape index (κ3) is 2.09. The second-order valence-electron chi connectivity index (χ2n) is 3.32. The zero-order chi connectivity index (χ0) is 11.7. The van der Waals surface area contributed by atoms with Crippen molar-refractivity contribution in [1.29, 1.82) is 0 Å². The molecule has 0 aliphatic heterocycles. The first-order chi connectivity index (χ1) is 7.59. The topological polar surface area (TPSA) is 26.0 Å². The lowest BCUT2D eigenvalue weighted by molar-refractivity contribution is 0.577. The maximum atomic E-state index is 13.5. The Labute approximate surface area is 100 Å². The summed E-state index contributed by atoms with van der Waals surface area (Å²) in [5, 5.41) is 3.40. The first-order valence-corrected chi connectivity index (χ1v) is 5.84. The summed E-state index contributed by atoms with van der Waals surface area (Å²) in [6.07, 6.45) is 0. The lowest BCUT2D eigenvalue weighted by atomic mass is 10.0. The summed E-state index contributed by atoms with van der Waals surface area (Å²) < 4.78 is 26.8. The molecule has 0 bridgehead atoms. The summed E-state index contributed by atoms with van der Waals surface area (Å²) in [7, 11) is 0. The number of thiophene rings is 1. The van der Waals surface area contributed by atoms with E-state index in [1.165, 1.54) is 11.3 Å². The van der Waals surface area contributed by atoms with E-state index in [4.69, 9.17) is 17.3 Å². The minimum Gasteiger partial charge on any atom is -0.320 e. The Kier molecular flexibility index (Phi) is 3.23. The van der Waals surface area contributed by atoms with E-state index >= 15 is 0 Å². The van der Waals surface area contributed by atoms with Gasteiger partial charge in [-0.3, -0.25) is 0 Å². The predicted molar refractivity (Wildman–Crippen MR) is 61.7 cm³/mol. The summed E-state index contributed by atoms with van der Waals surface area (Å²) in [4.78, 5) is 0. The van der Waals surface area contributed by atoms with Crippen molar-refractivity contribution in [3.8, 4) is 0 Å². The van der Waals surface area contributed by atoms with Crippen LogP contribution in [0.3, 0.4) is 0 Å². The van der Waals surface area contributed by atoms with Crippen LogP contribution in [-0.4, -0.2) is 0 Å². The van der Waals surface area contributed by atoms with Gasteiger partial charge in [-0.1, -0.05) is 11.6 Å². The zero-order valence-corrected chi connectivity index (χ0v) is 9.66. The Balaban J connectivity index is 2.44. The molecular formula is C11H8ClF2NS. The van der Waals surface area contributed by atoms with Gasteiger partial charge in [0.1, 0.15) is 11.6 Å². The molecule has 2 aromatic rings. The molecule has 1 aromatic heterocycles. The van der Waals surface area contributed by atoms with E-state index in [9.17, 15) is 8.78 Å². The molecule has 2 N–H and O–H groups in total. The summed E-state index contributed by atoms with van der Waals surface area (Å²) in [5.41, 5.74) is 6.70. The summed E-state index contributed by atoms with van der Waals surface area (Å²) >= 11 is 6.92.